The third-order valence-electron chi connectivity index (χ3n) is 0.276. The van der Waals surface area contributed by atoms with Gasteiger partial charge in [-0.1, -0.05) is 0 Å². The molecule has 0 unspecified atom stereocenters. The van der Waals surface area contributed by atoms with Gasteiger partial charge in [-0.15, -0.1) is 0 Å². The van der Waals surface area contributed by atoms with Crippen LogP contribution in [0.25, 0.3) is 0 Å². The van der Waals surface area contributed by atoms with E-state index in [1.165, 1.54) is 6.15 Å². The van der Waals surface area contributed by atoms with E-state index in [-0.39, 0.29) is 12.2 Å². The molecule has 0 radical (unpaired) electrons. The quantitative estimate of drug-likeness (QED) is 0.372. The average Bonchev–Trinajstić information content (AvgIpc) is 1.35. The van der Waals surface area contributed by atoms with Crippen molar-refractivity contribution in [3.8, 4) is 6.15 Å². The van der Waals surface area contributed by atoms with Crippen LogP contribution in [0.3, 0.4) is 0 Å². The third kappa shape index (κ3) is 3.28. The number of hydrogen-bond acceptors (Lipinski definition) is 1. The van der Waals surface area contributed by atoms with Crippen LogP contribution >= 0.6 is 0 Å². The van der Waals surface area contributed by atoms with E-state index in [1.54, 1.807) is 0 Å². The fourth-order valence-electron chi connectivity index (χ4n) is 0.0833. The van der Waals surface area contributed by atoms with Crippen molar-refractivity contribution >= 4 is 0 Å². The van der Waals surface area contributed by atoms with E-state index in [0.717, 1.165) is 0 Å². The Balaban J connectivity index is 3.13. The molecule has 0 aliphatic heterocycles. The molecule has 0 aromatic rings. The standard InChI is InChI=1S/C4H4O2/c1-4(6)2-3-5/h1-2H2/p+1. The van der Waals surface area contributed by atoms with Gasteiger partial charge < -0.3 is 0 Å². The van der Waals surface area contributed by atoms with Gasteiger partial charge in [-0.3, -0.25) is 0 Å². The third-order valence-corrected chi connectivity index (χ3v) is 0.276. The van der Waals surface area contributed by atoms with Crippen molar-refractivity contribution in [2.75, 3.05) is 0 Å². The molecule has 0 bridgehead atoms. The van der Waals surface area contributed by atoms with Crippen molar-refractivity contribution in [3.05, 3.63) is 12.3 Å². The molecule has 2 nitrogen and oxygen atoms in total. The van der Waals surface area contributed by atoms with Crippen LogP contribution in [0.2, 0.25) is 0 Å². The van der Waals surface area contributed by atoms with E-state index in [4.69, 9.17) is 5.11 Å². The van der Waals surface area contributed by atoms with Gasteiger partial charge >= 0.3 is 34.7 Å². The first-order valence-corrected chi connectivity index (χ1v) is 1.49. The Kier molecular flexibility index (Phi) is 2.21. The molecular weight excluding hydrogens is 80.0 g/mol. The summed E-state index contributed by atoms with van der Waals surface area (Å²) in [5.41, 5.74) is 0. The second-order valence-electron chi connectivity index (χ2n) is 0.887. The molecule has 0 aliphatic carbocycles. The molecule has 0 saturated heterocycles. The number of aliphatic hydroxyl groups excluding tert-OH is 1. The molecule has 2 heteroatoms. The van der Waals surface area contributed by atoms with Gasteiger partial charge in [0.05, 0.1) is 0 Å². The summed E-state index contributed by atoms with van der Waals surface area (Å²) in [6.07, 6.45) is 1.40. The van der Waals surface area contributed by atoms with E-state index in [1.807, 2.05) is 0 Å². The Bertz CT molecular complexity index is 88.2. The summed E-state index contributed by atoms with van der Waals surface area (Å²) in [5.74, 6) is -0.134. The molecule has 32 valence electrons. The topological polar surface area (TPSA) is 40.1 Å². The minimum atomic E-state index is -0.134. The van der Waals surface area contributed by atoms with Crippen LogP contribution in [0.5, 0.6) is 0 Å². The molecule has 0 spiro atoms. The van der Waals surface area contributed by atoms with Crippen molar-refractivity contribution in [2.45, 2.75) is 6.42 Å². The fourth-order valence-corrected chi connectivity index (χ4v) is 0.0833. The second-order valence-corrected chi connectivity index (χ2v) is 0.887. The molecule has 0 rings (SSSR count). The van der Waals surface area contributed by atoms with Gasteiger partial charge in [-0.05, 0) is 0 Å². The van der Waals surface area contributed by atoms with Crippen LogP contribution in [-0.4, -0.2) is 5.11 Å². The van der Waals surface area contributed by atoms with Crippen LogP contribution < -0.4 is 0 Å². The van der Waals surface area contributed by atoms with E-state index in [0.29, 0.717) is 0 Å². The molecule has 6 heavy (non-hydrogen) atoms. The minimum absolute atomic E-state index is 0.0694. The molecule has 0 heterocycles. The maximum atomic E-state index is 9.27. The van der Waals surface area contributed by atoms with Crippen molar-refractivity contribution in [2.24, 2.45) is 0 Å². The van der Waals surface area contributed by atoms with Crippen LogP contribution in [0.15, 0.2) is 12.3 Å². The Morgan fingerprint density at radius 3 is 2.50 bits per heavy atom. The van der Waals surface area contributed by atoms with Gasteiger partial charge in [0.1, 0.15) is 0 Å². The van der Waals surface area contributed by atoms with E-state index >= 15 is 0 Å². The summed E-state index contributed by atoms with van der Waals surface area (Å²) >= 11 is 0. The summed E-state index contributed by atoms with van der Waals surface area (Å²) in [4.78, 5) is 0. The van der Waals surface area contributed by atoms with E-state index < -0.39 is 0 Å². The van der Waals surface area contributed by atoms with Crippen molar-refractivity contribution in [1.82, 2.24) is 0 Å². The van der Waals surface area contributed by atoms with Crippen LogP contribution in [-0.2, 0) is 4.65 Å². The first kappa shape index (κ1) is 5.28. The normalized spacial score (nSPS) is 6.50. The second kappa shape index (κ2) is 2.51. The fraction of sp³-hybridized carbons (Fsp3) is 0.250. The van der Waals surface area contributed by atoms with Gasteiger partial charge in [0, 0.05) is 0 Å². The average molecular weight is 85.1 g/mol. The Morgan fingerprint density at radius 1 is 2.00 bits per heavy atom. The number of hydrogen-bond donors (Lipinski definition) is 1. The monoisotopic (exact) mass is 85.0 g/mol. The summed E-state index contributed by atoms with van der Waals surface area (Å²) in [6.45, 7) is 3.04. The zero-order valence-corrected chi connectivity index (χ0v) is 3.27. The molecule has 0 aromatic carbocycles. The van der Waals surface area contributed by atoms with E-state index in [9.17, 15) is 4.65 Å². The summed E-state index contributed by atoms with van der Waals surface area (Å²) in [7, 11) is 0. The molecule has 0 saturated carbocycles. The van der Waals surface area contributed by atoms with Gasteiger partial charge in [0.2, 0.25) is 0 Å². The first-order chi connectivity index (χ1) is 2.77. The number of allylic oxidation sites excluding steroid dienone is 1. The first-order valence-electron chi connectivity index (χ1n) is 1.49. The van der Waals surface area contributed by atoms with Gasteiger partial charge in [0.25, 0.3) is 0 Å². The van der Waals surface area contributed by atoms with Crippen molar-refractivity contribution < 1.29 is 9.76 Å². The number of aliphatic hydroxyl groups is 1. The molecular formula is C4H5O2+. The Morgan fingerprint density at radius 2 is 2.50 bits per heavy atom. The van der Waals surface area contributed by atoms with Gasteiger partial charge in [-0.2, -0.15) is 0 Å². The molecule has 1 N–H and O–H groups in total. The SMILES string of the molecule is C=C(O)CC#[O+]. The van der Waals surface area contributed by atoms with Gasteiger partial charge in [-0.25, -0.2) is 0 Å². The zero-order chi connectivity index (χ0) is 4.99. The molecule has 0 fully saturated rings. The van der Waals surface area contributed by atoms with Crippen molar-refractivity contribution in [3.63, 3.8) is 0 Å². The summed E-state index contributed by atoms with van der Waals surface area (Å²) in [6, 6.07) is 0. The summed E-state index contributed by atoms with van der Waals surface area (Å²) in [5, 5.41) is 8.10. The Labute approximate surface area is 35.8 Å². The van der Waals surface area contributed by atoms with Crippen LogP contribution in [0.1, 0.15) is 6.42 Å². The van der Waals surface area contributed by atoms with Crippen LogP contribution in [0, 0.1) is 6.15 Å². The van der Waals surface area contributed by atoms with Gasteiger partial charge in [0.15, 0.2) is 0 Å². The molecule has 0 atom stereocenters. The molecule has 0 amide bonds. The number of rotatable bonds is 1. The zero-order valence-electron chi connectivity index (χ0n) is 3.27. The van der Waals surface area contributed by atoms with Crippen LogP contribution in [0.4, 0.5) is 0 Å². The summed E-state index contributed by atoms with van der Waals surface area (Å²) < 4.78 is 9.27. The predicted octanol–water partition coefficient (Wildman–Crippen LogP) is 0.838. The molecule has 0 aliphatic rings. The Hall–Kier alpha value is -0.720. The predicted molar refractivity (Wildman–Crippen MR) is 21.0 cm³/mol. The molecule has 0 aromatic heterocycles. The van der Waals surface area contributed by atoms with E-state index in [2.05, 4.69) is 6.58 Å². The maximum absolute atomic E-state index is 9.27. The van der Waals surface area contributed by atoms with Crippen molar-refractivity contribution in [1.29, 1.82) is 0 Å².